The molecule has 4 rings (SSSR count). The second-order valence-corrected chi connectivity index (χ2v) is 8.93. The van der Waals surface area contributed by atoms with Crippen LogP contribution in [0.25, 0.3) is 0 Å². The van der Waals surface area contributed by atoms with Crippen molar-refractivity contribution in [3.05, 3.63) is 24.7 Å². The maximum atomic E-state index is 14.9. The highest BCUT2D eigenvalue weighted by atomic mass is 19.3. The van der Waals surface area contributed by atoms with Gasteiger partial charge in [-0.15, -0.1) is 0 Å². The normalized spacial score (nSPS) is 20.8. The summed E-state index contributed by atoms with van der Waals surface area (Å²) in [4.78, 5) is 44.0. The van der Waals surface area contributed by atoms with E-state index < -0.39 is 30.5 Å². The van der Waals surface area contributed by atoms with Gasteiger partial charge in [-0.1, -0.05) is 0 Å². The van der Waals surface area contributed by atoms with Crippen LogP contribution in [-0.4, -0.2) is 94.9 Å². The molecule has 15 heteroatoms. The molecule has 2 aromatic heterocycles. The zero-order valence-corrected chi connectivity index (χ0v) is 21.2. The van der Waals surface area contributed by atoms with Crippen molar-refractivity contribution in [1.82, 2.24) is 30.2 Å². The van der Waals surface area contributed by atoms with Crippen molar-refractivity contribution in [1.29, 1.82) is 0 Å². The topological polar surface area (TPSA) is 147 Å². The molecule has 2 aliphatic rings. The van der Waals surface area contributed by atoms with Crippen LogP contribution in [0.15, 0.2) is 24.7 Å². The van der Waals surface area contributed by atoms with Crippen LogP contribution in [0.2, 0.25) is 0 Å². The molecule has 0 saturated carbocycles. The number of hydrogen-bond acceptors (Lipinski definition) is 10. The summed E-state index contributed by atoms with van der Waals surface area (Å²) in [6.45, 7) is 3.40. The standard InChI is InChI=1S/C23H31F2N9O4/c1-3-37-19-13-28-18(12-29-19)31-21(35)33(2)16-14-34(10-7-23(16,24)25)20-27-9-6-17(30-20)32-22(36)38-15-5-4-8-26-11-15/h6,9,12-13,15-16,26H,3-5,7-8,10-11,14H2,1-2H3,(H,28,31,35)(H,27,30,32,36)/t15-,16+/m1/s1. The van der Waals surface area contributed by atoms with E-state index in [4.69, 9.17) is 9.47 Å². The lowest BCUT2D eigenvalue weighted by Gasteiger charge is -2.42. The summed E-state index contributed by atoms with van der Waals surface area (Å²) in [5.41, 5.74) is 0. The number of hydrogen-bond donors (Lipinski definition) is 3. The highest BCUT2D eigenvalue weighted by molar-refractivity contribution is 5.88. The molecule has 206 valence electrons. The van der Waals surface area contributed by atoms with Crippen LogP contribution in [0, 0.1) is 0 Å². The van der Waals surface area contributed by atoms with Crippen molar-refractivity contribution in [2.45, 2.75) is 44.3 Å². The number of aromatic nitrogens is 4. The predicted octanol–water partition coefficient (Wildman–Crippen LogP) is 2.34. The number of ether oxygens (including phenoxy) is 2. The predicted molar refractivity (Wildman–Crippen MR) is 134 cm³/mol. The number of halogens is 2. The van der Waals surface area contributed by atoms with Gasteiger partial charge in [0.25, 0.3) is 5.92 Å². The fourth-order valence-electron chi connectivity index (χ4n) is 4.19. The lowest BCUT2D eigenvalue weighted by atomic mass is 10.00. The van der Waals surface area contributed by atoms with E-state index in [9.17, 15) is 18.4 Å². The Morgan fingerprint density at radius 2 is 2.08 bits per heavy atom. The molecule has 3 amide bonds. The lowest BCUT2D eigenvalue weighted by Crippen LogP contribution is -2.60. The molecule has 2 saturated heterocycles. The molecular weight excluding hydrogens is 504 g/mol. The quantitative estimate of drug-likeness (QED) is 0.483. The second kappa shape index (κ2) is 12.1. The number of nitrogens with one attached hydrogen (secondary N) is 3. The first-order valence-electron chi connectivity index (χ1n) is 12.4. The summed E-state index contributed by atoms with van der Waals surface area (Å²) in [6.07, 6.45) is 4.31. The molecular formula is C23H31F2N9O4. The minimum atomic E-state index is -3.15. The molecule has 0 spiro atoms. The number of rotatable bonds is 7. The first kappa shape index (κ1) is 27.2. The zero-order valence-electron chi connectivity index (χ0n) is 21.2. The summed E-state index contributed by atoms with van der Waals surface area (Å²) >= 11 is 0. The molecule has 0 aliphatic carbocycles. The summed E-state index contributed by atoms with van der Waals surface area (Å²) in [7, 11) is 1.29. The van der Waals surface area contributed by atoms with Gasteiger partial charge in [0.2, 0.25) is 11.8 Å². The molecule has 0 radical (unpaired) electrons. The summed E-state index contributed by atoms with van der Waals surface area (Å²) in [6, 6.07) is -0.765. The van der Waals surface area contributed by atoms with E-state index in [-0.39, 0.29) is 42.7 Å². The molecule has 3 N–H and O–H groups in total. The number of likely N-dealkylation sites (N-methyl/N-ethyl adjacent to an activating group) is 1. The van der Waals surface area contributed by atoms with Gasteiger partial charge in [0.1, 0.15) is 18.0 Å². The Morgan fingerprint density at radius 1 is 1.24 bits per heavy atom. The first-order chi connectivity index (χ1) is 18.2. The van der Waals surface area contributed by atoms with Crippen LogP contribution >= 0.6 is 0 Å². The zero-order chi connectivity index (χ0) is 27.1. The molecule has 2 aromatic rings. The second-order valence-electron chi connectivity index (χ2n) is 8.93. The van der Waals surface area contributed by atoms with Crippen molar-refractivity contribution in [3.8, 4) is 5.88 Å². The van der Waals surface area contributed by atoms with Crippen molar-refractivity contribution < 1.29 is 27.8 Å². The Morgan fingerprint density at radius 3 is 2.79 bits per heavy atom. The third-order valence-electron chi connectivity index (χ3n) is 6.22. The van der Waals surface area contributed by atoms with E-state index in [1.54, 1.807) is 11.8 Å². The Kier molecular flexibility index (Phi) is 8.66. The number of nitrogens with zero attached hydrogens (tertiary/aromatic N) is 6. The molecule has 0 aromatic carbocycles. The van der Waals surface area contributed by atoms with E-state index in [0.717, 1.165) is 24.3 Å². The fourth-order valence-corrected chi connectivity index (χ4v) is 4.19. The minimum Gasteiger partial charge on any atom is -0.477 e. The largest absolute Gasteiger partial charge is 0.477 e. The number of urea groups is 1. The van der Waals surface area contributed by atoms with Gasteiger partial charge < -0.3 is 24.6 Å². The van der Waals surface area contributed by atoms with Gasteiger partial charge in [-0.25, -0.2) is 33.3 Å². The highest BCUT2D eigenvalue weighted by Crippen LogP contribution is 2.33. The molecule has 0 bridgehead atoms. The van der Waals surface area contributed by atoms with E-state index >= 15 is 0 Å². The van der Waals surface area contributed by atoms with Gasteiger partial charge >= 0.3 is 12.1 Å². The van der Waals surface area contributed by atoms with E-state index in [0.29, 0.717) is 13.2 Å². The fraction of sp³-hybridized carbons (Fsp3) is 0.565. The average Bonchev–Trinajstić information content (AvgIpc) is 2.90. The lowest BCUT2D eigenvalue weighted by molar-refractivity contribution is -0.0760. The maximum absolute atomic E-state index is 14.9. The van der Waals surface area contributed by atoms with Gasteiger partial charge in [0.15, 0.2) is 5.82 Å². The summed E-state index contributed by atoms with van der Waals surface area (Å²) in [5, 5.41) is 8.20. The SMILES string of the molecule is CCOc1cnc(NC(=O)N(C)[C@H]2CN(c3nccc(NC(=O)O[C@@H]4CCCNC4)n3)CCC2(F)F)cn1. The van der Waals surface area contributed by atoms with Crippen molar-refractivity contribution in [2.75, 3.05) is 55.4 Å². The molecule has 13 nitrogen and oxygen atoms in total. The Hall–Kier alpha value is -3.88. The highest BCUT2D eigenvalue weighted by Gasteiger charge is 2.48. The van der Waals surface area contributed by atoms with Crippen LogP contribution in [0.4, 0.5) is 36.0 Å². The Labute approximate surface area is 218 Å². The molecule has 2 atom stereocenters. The molecule has 0 unspecified atom stereocenters. The van der Waals surface area contributed by atoms with Crippen LogP contribution < -0.4 is 25.6 Å². The van der Waals surface area contributed by atoms with Gasteiger partial charge in [-0.05, 0) is 32.4 Å². The van der Waals surface area contributed by atoms with Crippen LogP contribution in [0.3, 0.4) is 0 Å². The van der Waals surface area contributed by atoms with Gasteiger partial charge in [-0.3, -0.25) is 10.6 Å². The minimum absolute atomic E-state index is 0.0367. The van der Waals surface area contributed by atoms with Crippen LogP contribution in [0.5, 0.6) is 5.88 Å². The molecule has 38 heavy (non-hydrogen) atoms. The number of carbonyl (C=O) groups excluding carboxylic acids is 2. The van der Waals surface area contributed by atoms with Gasteiger partial charge in [-0.2, -0.15) is 4.98 Å². The molecule has 2 aliphatic heterocycles. The molecule has 4 heterocycles. The monoisotopic (exact) mass is 535 g/mol. The number of alkyl halides is 2. The third kappa shape index (κ3) is 6.90. The third-order valence-corrected chi connectivity index (χ3v) is 6.22. The average molecular weight is 536 g/mol. The van der Waals surface area contributed by atoms with Crippen molar-refractivity contribution >= 4 is 29.7 Å². The Balaban J connectivity index is 1.39. The number of piperidine rings is 2. The Bertz CT molecular complexity index is 1100. The van der Waals surface area contributed by atoms with E-state index in [2.05, 4.69) is 35.9 Å². The van der Waals surface area contributed by atoms with Gasteiger partial charge in [0.05, 0.1) is 19.0 Å². The van der Waals surface area contributed by atoms with Crippen LogP contribution in [-0.2, 0) is 4.74 Å². The number of carbonyl (C=O) groups is 2. The van der Waals surface area contributed by atoms with Gasteiger partial charge in [0, 0.05) is 39.3 Å². The maximum Gasteiger partial charge on any atom is 0.413 e. The van der Waals surface area contributed by atoms with Crippen molar-refractivity contribution in [3.63, 3.8) is 0 Å². The number of anilines is 3. The van der Waals surface area contributed by atoms with Crippen molar-refractivity contribution in [2.24, 2.45) is 0 Å². The smallest absolute Gasteiger partial charge is 0.413 e. The summed E-state index contributed by atoms with van der Waals surface area (Å²) < 4.78 is 40.4. The first-order valence-corrected chi connectivity index (χ1v) is 12.4. The van der Waals surface area contributed by atoms with E-state index in [1.165, 1.54) is 31.7 Å². The summed E-state index contributed by atoms with van der Waals surface area (Å²) in [5.74, 6) is -2.45. The van der Waals surface area contributed by atoms with Crippen LogP contribution in [0.1, 0.15) is 26.2 Å². The van der Waals surface area contributed by atoms with E-state index in [1.807, 2.05) is 0 Å². The molecule has 2 fully saturated rings. The number of amides is 3.